The molecule has 0 saturated carbocycles. The first-order chi connectivity index (χ1) is 11.4. The normalized spacial score (nSPS) is 12.3. The molecule has 0 spiro atoms. The van der Waals surface area contributed by atoms with E-state index in [9.17, 15) is 14.4 Å². The van der Waals surface area contributed by atoms with Gasteiger partial charge in [-0.1, -0.05) is 26.0 Å². The fourth-order valence-electron chi connectivity index (χ4n) is 2.45. The van der Waals surface area contributed by atoms with Crippen molar-refractivity contribution in [3.8, 4) is 0 Å². The number of nitrogens with one attached hydrogen (secondary N) is 1. The molecule has 0 fully saturated rings. The third-order valence-corrected chi connectivity index (χ3v) is 3.65. The van der Waals surface area contributed by atoms with Gasteiger partial charge in [0.1, 0.15) is 6.04 Å². The van der Waals surface area contributed by atoms with Gasteiger partial charge in [-0.2, -0.15) is 0 Å². The van der Waals surface area contributed by atoms with Crippen molar-refractivity contribution < 1.29 is 14.7 Å². The Bertz CT molecular complexity index is 798. The molecule has 2 rings (SSSR count). The minimum atomic E-state index is -1.05. The molecule has 0 aliphatic rings. The third kappa shape index (κ3) is 4.41. The van der Waals surface area contributed by atoms with Gasteiger partial charge in [0.25, 0.3) is 5.56 Å². The predicted octanol–water partition coefficient (Wildman–Crippen LogP) is 1.40. The number of amides is 1. The van der Waals surface area contributed by atoms with Crippen LogP contribution in [0, 0.1) is 5.92 Å². The lowest BCUT2D eigenvalue weighted by molar-refractivity contribution is -0.142. The van der Waals surface area contributed by atoms with E-state index in [0.717, 1.165) is 0 Å². The predicted molar refractivity (Wildman–Crippen MR) is 89.6 cm³/mol. The summed E-state index contributed by atoms with van der Waals surface area (Å²) in [5, 5.41) is 12.1. The van der Waals surface area contributed by atoms with Gasteiger partial charge in [0.2, 0.25) is 5.91 Å². The number of para-hydroxylation sites is 1. The number of benzene rings is 1. The molecule has 0 bridgehead atoms. The molecule has 7 heteroatoms. The van der Waals surface area contributed by atoms with Gasteiger partial charge < -0.3 is 10.4 Å². The Morgan fingerprint density at radius 2 is 2.00 bits per heavy atom. The highest BCUT2D eigenvalue weighted by Gasteiger charge is 2.20. The Balaban J connectivity index is 2.02. The van der Waals surface area contributed by atoms with Crippen LogP contribution in [-0.2, 0) is 16.1 Å². The summed E-state index contributed by atoms with van der Waals surface area (Å²) >= 11 is 0. The lowest BCUT2D eigenvalue weighted by Crippen LogP contribution is -2.42. The number of rotatable bonds is 7. The summed E-state index contributed by atoms with van der Waals surface area (Å²) in [7, 11) is 0. The van der Waals surface area contributed by atoms with Gasteiger partial charge in [-0.25, -0.2) is 9.78 Å². The minimum Gasteiger partial charge on any atom is -0.480 e. The molecule has 2 aromatic rings. The first-order valence-corrected chi connectivity index (χ1v) is 7.85. The first-order valence-electron chi connectivity index (χ1n) is 7.85. The van der Waals surface area contributed by atoms with Crippen molar-refractivity contribution in [3.63, 3.8) is 0 Å². The largest absolute Gasteiger partial charge is 0.480 e. The van der Waals surface area contributed by atoms with Gasteiger partial charge in [0, 0.05) is 13.0 Å². The summed E-state index contributed by atoms with van der Waals surface area (Å²) < 4.78 is 1.36. The average Bonchev–Trinajstić information content (AvgIpc) is 2.53. The van der Waals surface area contributed by atoms with E-state index in [4.69, 9.17) is 5.11 Å². The second-order valence-corrected chi connectivity index (χ2v) is 6.10. The van der Waals surface area contributed by atoms with E-state index in [1.54, 1.807) is 24.3 Å². The number of aromatic nitrogens is 2. The van der Waals surface area contributed by atoms with Crippen LogP contribution >= 0.6 is 0 Å². The van der Waals surface area contributed by atoms with Crippen molar-refractivity contribution >= 4 is 22.8 Å². The summed E-state index contributed by atoms with van der Waals surface area (Å²) in [6.45, 7) is 3.93. The highest BCUT2D eigenvalue weighted by molar-refractivity contribution is 5.83. The monoisotopic (exact) mass is 331 g/mol. The maximum atomic E-state index is 12.3. The van der Waals surface area contributed by atoms with Crippen molar-refractivity contribution in [2.75, 3.05) is 0 Å². The van der Waals surface area contributed by atoms with Gasteiger partial charge in [-0.3, -0.25) is 14.2 Å². The number of fused-ring (bicyclic) bond motifs is 1. The van der Waals surface area contributed by atoms with Gasteiger partial charge in [-0.15, -0.1) is 0 Å². The quantitative estimate of drug-likeness (QED) is 0.798. The Morgan fingerprint density at radius 1 is 1.29 bits per heavy atom. The van der Waals surface area contributed by atoms with Crippen LogP contribution < -0.4 is 10.9 Å². The molecule has 7 nitrogen and oxygen atoms in total. The molecule has 0 unspecified atom stereocenters. The Labute approximate surface area is 139 Å². The van der Waals surface area contributed by atoms with Crippen molar-refractivity contribution in [1.29, 1.82) is 0 Å². The van der Waals surface area contributed by atoms with E-state index in [1.165, 1.54) is 10.9 Å². The van der Waals surface area contributed by atoms with Crippen LogP contribution in [0.15, 0.2) is 35.4 Å². The molecule has 24 heavy (non-hydrogen) atoms. The van der Waals surface area contributed by atoms with Crippen LogP contribution in [0.25, 0.3) is 10.9 Å². The topological polar surface area (TPSA) is 101 Å². The van der Waals surface area contributed by atoms with Crippen LogP contribution in [0.3, 0.4) is 0 Å². The second-order valence-electron chi connectivity index (χ2n) is 6.10. The Morgan fingerprint density at radius 3 is 2.67 bits per heavy atom. The van der Waals surface area contributed by atoms with Crippen molar-refractivity contribution in [2.45, 2.75) is 39.3 Å². The van der Waals surface area contributed by atoms with E-state index >= 15 is 0 Å². The number of aliphatic carboxylic acids is 1. The van der Waals surface area contributed by atoms with Gasteiger partial charge in [0.05, 0.1) is 17.2 Å². The molecule has 1 aromatic heterocycles. The average molecular weight is 331 g/mol. The number of carbonyl (C=O) groups excluding carboxylic acids is 1. The summed E-state index contributed by atoms with van der Waals surface area (Å²) in [6, 6.07) is 6.07. The molecular formula is C17H21N3O4. The second kappa shape index (κ2) is 7.72. The fourth-order valence-corrected chi connectivity index (χ4v) is 2.45. The summed E-state index contributed by atoms with van der Waals surface area (Å²) in [6.07, 6.45) is 1.78. The SMILES string of the molecule is CC(C)C[C@@H](NC(=O)CCn1cnc2ccccc2c1=O)C(=O)O. The summed E-state index contributed by atoms with van der Waals surface area (Å²) in [4.78, 5) is 39.6. The van der Waals surface area contributed by atoms with Crippen molar-refractivity contribution in [3.05, 3.63) is 40.9 Å². The maximum Gasteiger partial charge on any atom is 0.326 e. The highest BCUT2D eigenvalue weighted by Crippen LogP contribution is 2.06. The van der Waals surface area contributed by atoms with Crippen molar-refractivity contribution in [1.82, 2.24) is 14.9 Å². The zero-order chi connectivity index (χ0) is 17.7. The molecule has 1 atom stereocenters. The van der Waals surface area contributed by atoms with Crippen LogP contribution in [-0.4, -0.2) is 32.6 Å². The minimum absolute atomic E-state index is 0.0157. The van der Waals surface area contributed by atoms with E-state index < -0.39 is 17.9 Å². The molecule has 0 radical (unpaired) electrons. The van der Waals surface area contributed by atoms with Crippen LogP contribution in [0.5, 0.6) is 0 Å². The number of hydrogen-bond acceptors (Lipinski definition) is 4. The van der Waals surface area contributed by atoms with Gasteiger partial charge in [-0.05, 0) is 24.5 Å². The molecule has 128 valence electrons. The van der Waals surface area contributed by atoms with Gasteiger partial charge >= 0.3 is 5.97 Å². The molecule has 1 heterocycles. The molecular weight excluding hydrogens is 310 g/mol. The number of carboxylic acid groups (broad SMARTS) is 1. The molecule has 0 saturated heterocycles. The standard InChI is InChI=1S/C17H21N3O4/c1-11(2)9-14(17(23)24)19-15(21)7-8-20-10-18-13-6-4-3-5-12(13)16(20)22/h3-6,10-11,14H,7-9H2,1-2H3,(H,19,21)(H,23,24)/t14-/m1/s1. The van der Waals surface area contributed by atoms with Crippen LogP contribution in [0.2, 0.25) is 0 Å². The molecule has 1 amide bonds. The summed E-state index contributed by atoms with van der Waals surface area (Å²) in [5.74, 6) is -1.30. The van der Waals surface area contributed by atoms with E-state index in [2.05, 4.69) is 10.3 Å². The molecule has 1 aromatic carbocycles. The van der Waals surface area contributed by atoms with E-state index in [-0.39, 0.29) is 24.4 Å². The summed E-state index contributed by atoms with van der Waals surface area (Å²) in [5.41, 5.74) is 0.386. The van der Waals surface area contributed by atoms with E-state index in [0.29, 0.717) is 17.3 Å². The first kappa shape index (κ1) is 17.7. The lowest BCUT2D eigenvalue weighted by atomic mass is 10.0. The number of hydrogen-bond donors (Lipinski definition) is 2. The fraction of sp³-hybridized carbons (Fsp3) is 0.412. The smallest absolute Gasteiger partial charge is 0.326 e. The van der Waals surface area contributed by atoms with Crippen molar-refractivity contribution in [2.24, 2.45) is 5.92 Å². The van der Waals surface area contributed by atoms with Crippen LogP contribution in [0.4, 0.5) is 0 Å². The molecule has 2 N–H and O–H groups in total. The third-order valence-electron chi connectivity index (χ3n) is 3.65. The van der Waals surface area contributed by atoms with Gasteiger partial charge in [0.15, 0.2) is 0 Å². The zero-order valence-electron chi connectivity index (χ0n) is 13.7. The number of nitrogens with zero attached hydrogens (tertiary/aromatic N) is 2. The van der Waals surface area contributed by atoms with Crippen LogP contribution in [0.1, 0.15) is 26.7 Å². The lowest BCUT2D eigenvalue weighted by Gasteiger charge is -2.16. The zero-order valence-corrected chi connectivity index (χ0v) is 13.7. The number of carbonyl (C=O) groups is 2. The Kier molecular flexibility index (Phi) is 5.68. The molecule has 0 aliphatic heterocycles. The maximum absolute atomic E-state index is 12.3. The van der Waals surface area contributed by atoms with E-state index in [1.807, 2.05) is 13.8 Å². The molecule has 0 aliphatic carbocycles. The number of carboxylic acids is 1. The highest BCUT2D eigenvalue weighted by atomic mass is 16.4. The Hall–Kier alpha value is -2.70. The number of aryl methyl sites for hydroxylation is 1.